The summed E-state index contributed by atoms with van der Waals surface area (Å²) in [5, 5.41) is 11.1. The number of benzene rings is 1. The molecular weight excluding hydrogens is 382 g/mol. The maximum Gasteiger partial charge on any atom is 0.318 e. The summed E-state index contributed by atoms with van der Waals surface area (Å²) in [6, 6.07) is 5.36. The summed E-state index contributed by atoms with van der Waals surface area (Å²) in [7, 11) is 1.63. The number of fused-ring (bicyclic) bond motifs is 1. The van der Waals surface area contributed by atoms with Crippen LogP contribution >= 0.6 is 11.6 Å². The van der Waals surface area contributed by atoms with Crippen molar-refractivity contribution < 1.29 is 14.1 Å². The molecule has 1 saturated carbocycles. The lowest BCUT2D eigenvalue weighted by Crippen LogP contribution is -2.56. The lowest BCUT2D eigenvalue weighted by molar-refractivity contribution is 0.116. The Morgan fingerprint density at radius 1 is 1.32 bits per heavy atom. The van der Waals surface area contributed by atoms with Gasteiger partial charge in [0.15, 0.2) is 5.58 Å². The highest BCUT2D eigenvalue weighted by Gasteiger charge is 2.39. The van der Waals surface area contributed by atoms with E-state index >= 15 is 0 Å². The number of hydrogen-bond acceptors (Lipinski definition) is 4. The number of carbonyl (C=O) groups is 2. The zero-order valence-electron chi connectivity index (χ0n) is 15.8. The third-order valence-electron chi connectivity index (χ3n) is 5.38. The van der Waals surface area contributed by atoms with Crippen molar-refractivity contribution in [2.24, 2.45) is 0 Å². The van der Waals surface area contributed by atoms with Crippen LogP contribution in [-0.2, 0) is 6.54 Å². The van der Waals surface area contributed by atoms with E-state index in [9.17, 15) is 9.59 Å². The second kappa shape index (κ2) is 7.87. The smallest absolute Gasteiger partial charge is 0.318 e. The Hall–Kier alpha value is -2.48. The normalized spacial score (nSPS) is 19.5. The highest BCUT2D eigenvalue weighted by molar-refractivity contribution is 6.31. The zero-order chi connectivity index (χ0) is 19.7. The fourth-order valence-electron chi connectivity index (χ4n) is 3.85. The van der Waals surface area contributed by atoms with Crippen LogP contribution in [0.2, 0.25) is 5.02 Å². The average Bonchev–Trinajstić information content (AvgIpc) is 3.46. The number of hydrogen-bond donors (Lipinski definition) is 2. The Labute approximate surface area is 168 Å². The Morgan fingerprint density at radius 2 is 2.14 bits per heavy atom. The van der Waals surface area contributed by atoms with E-state index in [4.69, 9.17) is 16.1 Å². The molecule has 9 heteroatoms. The zero-order valence-corrected chi connectivity index (χ0v) is 16.5. The summed E-state index contributed by atoms with van der Waals surface area (Å²) >= 11 is 6.06. The van der Waals surface area contributed by atoms with Gasteiger partial charge >= 0.3 is 12.1 Å². The van der Waals surface area contributed by atoms with E-state index < -0.39 is 0 Å². The van der Waals surface area contributed by atoms with E-state index in [0.717, 1.165) is 37.6 Å². The topological polar surface area (TPSA) is 90.7 Å². The van der Waals surface area contributed by atoms with Crippen molar-refractivity contribution in [1.82, 2.24) is 25.6 Å². The summed E-state index contributed by atoms with van der Waals surface area (Å²) < 4.78 is 5.30. The number of piperidine rings is 1. The van der Waals surface area contributed by atoms with Crippen LogP contribution in [0.1, 0.15) is 31.4 Å². The molecule has 4 amide bonds. The van der Waals surface area contributed by atoms with Crippen molar-refractivity contribution in [2.75, 3.05) is 20.1 Å². The number of aromatic nitrogens is 1. The van der Waals surface area contributed by atoms with Gasteiger partial charge in [-0.15, -0.1) is 0 Å². The molecule has 1 aliphatic heterocycles. The minimum atomic E-state index is -0.121. The number of carbonyl (C=O) groups excluding carboxylic acids is 2. The van der Waals surface area contributed by atoms with Crippen molar-refractivity contribution in [3.63, 3.8) is 0 Å². The number of amides is 4. The van der Waals surface area contributed by atoms with Crippen LogP contribution in [0, 0.1) is 0 Å². The molecule has 4 rings (SSSR count). The first kappa shape index (κ1) is 18.9. The van der Waals surface area contributed by atoms with Gasteiger partial charge in [0, 0.05) is 36.6 Å². The largest absolute Gasteiger partial charge is 0.356 e. The summed E-state index contributed by atoms with van der Waals surface area (Å²) in [6.07, 6.45) is 3.81. The molecule has 1 aromatic heterocycles. The first-order valence-corrected chi connectivity index (χ1v) is 10.0. The molecule has 8 nitrogen and oxygen atoms in total. The fourth-order valence-corrected chi connectivity index (χ4v) is 4.02. The van der Waals surface area contributed by atoms with Crippen molar-refractivity contribution in [3.05, 3.63) is 28.9 Å². The van der Waals surface area contributed by atoms with Gasteiger partial charge in [0.05, 0.1) is 12.6 Å². The van der Waals surface area contributed by atoms with Gasteiger partial charge in [-0.25, -0.2) is 9.59 Å². The van der Waals surface area contributed by atoms with E-state index in [-0.39, 0.29) is 30.7 Å². The van der Waals surface area contributed by atoms with Crippen molar-refractivity contribution in [3.8, 4) is 0 Å². The van der Waals surface area contributed by atoms with Crippen LogP contribution in [0.25, 0.3) is 11.0 Å². The molecule has 1 aromatic carbocycles. The Balaban J connectivity index is 1.44. The molecule has 1 saturated heterocycles. The lowest BCUT2D eigenvalue weighted by atomic mass is 10.0. The minimum absolute atomic E-state index is 0.0297. The van der Waals surface area contributed by atoms with Crippen LogP contribution in [0.3, 0.4) is 0 Å². The van der Waals surface area contributed by atoms with Crippen LogP contribution < -0.4 is 10.6 Å². The summed E-state index contributed by atoms with van der Waals surface area (Å²) in [6.45, 7) is 1.55. The third kappa shape index (κ3) is 3.87. The number of rotatable bonds is 4. The molecule has 28 heavy (non-hydrogen) atoms. The molecule has 0 radical (unpaired) electrons. The predicted molar refractivity (Wildman–Crippen MR) is 105 cm³/mol. The second-order valence-electron chi connectivity index (χ2n) is 7.36. The van der Waals surface area contributed by atoms with E-state index in [2.05, 4.69) is 15.8 Å². The van der Waals surface area contributed by atoms with E-state index in [1.807, 2.05) is 4.90 Å². The molecule has 2 heterocycles. The molecule has 2 fully saturated rings. The second-order valence-corrected chi connectivity index (χ2v) is 7.80. The van der Waals surface area contributed by atoms with Gasteiger partial charge in [-0.1, -0.05) is 16.8 Å². The molecule has 0 bridgehead atoms. The third-order valence-corrected chi connectivity index (χ3v) is 5.61. The standard InChI is InChI=1S/C19H24ClN5O3/c1-21-18(26)24-8-2-3-14(11-24)25(13-5-6-13)19(27)22-10-16-15-9-12(20)4-7-17(15)28-23-16/h4,7,9,13-14H,2-3,5-6,8,10-11H2,1H3,(H,21,26)(H,22,27)/t14-/m1/s1. The van der Waals surface area contributed by atoms with Gasteiger partial charge in [-0.2, -0.15) is 0 Å². The van der Waals surface area contributed by atoms with Gasteiger partial charge in [0.1, 0.15) is 5.69 Å². The van der Waals surface area contributed by atoms with Crippen molar-refractivity contribution in [1.29, 1.82) is 0 Å². The first-order chi connectivity index (χ1) is 13.6. The molecular formula is C19H24ClN5O3. The fraction of sp³-hybridized carbons (Fsp3) is 0.526. The monoisotopic (exact) mass is 405 g/mol. The number of likely N-dealkylation sites (tertiary alicyclic amines) is 1. The number of urea groups is 2. The Bertz CT molecular complexity index is 882. The van der Waals surface area contributed by atoms with E-state index in [0.29, 0.717) is 22.8 Å². The van der Waals surface area contributed by atoms with Crippen molar-refractivity contribution >= 4 is 34.6 Å². The molecule has 2 N–H and O–H groups in total. The van der Waals surface area contributed by atoms with Gasteiger partial charge in [0.2, 0.25) is 0 Å². The minimum Gasteiger partial charge on any atom is -0.356 e. The Kier molecular flexibility index (Phi) is 5.30. The highest BCUT2D eigenvalue weighted by atomic mass is 35.5. The summed E-state index contributed by atoms with van der Waals surface area (Å²) in [5.74, 6) is 0. The predicted octanol–water partition coefficient (Wildman–Crippen LogP) is 2.96. The Morgan fingerprint density at radius 3 is 2.89 bits per heavy atom. The SMILES string of the molecule is CNC(=O)N1CCC[C@@H](N(C(=O)NCc2noc3ccc(Cl)cc23)C2CC2)C1. The van der Waals surface area contributed by atoms with Crippen molar-refractivity contribution in [2.45, 2.75) is 44.3 Å². The maximum atomic E-state index is 13.0. The molecule has 0 spiro atoms. The first-order valence-electron chi connectivity index (χ1n) is 9.63. The molecule has 2 aromatic rings. The van der Waals surface area contributed by atoms with Crippen LogP contribution in [-0.4, -0.2) is 59.2 Å². The molecule has 2 aliphatic rings. The van der Waals surface area contributed by atoms with Crippen LogP contribution in [0.15, 0.2) is 22.7 Å². The van der Waals surface area contributed by atoms with Gasteiger partial charge in [0.25, 0.3) is 0 Å². The average molecular weight is 406 g/mol. The quantitative estimate of drug-likeness (QED) is 0.818. The lowest BCUT2D eigenvalue weighted by Gasteiger charge is -2.39. The summed E-state index contributed by atoms with van der Waals surface area (Å²) in [5.41, 5.74) is 1.29. The maximum absolute atomic E-state index is 13.0. The van der Waals surface area contributed by atoms with Gasteiger partial charge < -0.3 is 25.0 Å². The number of halogens is 1. The summed E-state index contributed by atoms with van der Waals surface area (Å²) in [4.78, 5) is 28.7. The molecule has 150 valence electrons. The van der Waals surface area contributed by atoms with Crippen LogP contribution in [0.4, 0.5) is 9.59 Å². The van der Waals surface area contributed by atoms with Gasteiger partial charge in [-0.3, -0.25) is 0 Å². The van der Waals surface area contributed by atoms with E-state index in [1.165, 1.54) is 0 Å². The van der Waals surface area contributed by atoms with Gasteiger partial charge in [-0.05, 0) is 43.9 Å². The molecule has 1 atom stereocenters. The molecule has 0 unspecified atom stereocenters. The number of nitrogens with zero attached hydrogens (tertiary/aromatic N) is 3. The molecule has 1 aliphatic carbocycles. The van der Waals surface area contributed by atoms with Crippen LogP contribution in [0.5, 0.6) is 0 Å². The van der Waals surface area contributed by atoms with E-state index in [1.54, 1.807) is 30.1 Å². The highest BCUT2D eigenvalue weighted by Crippen LogP contribution is 2.31. The number of nitrogens with one attached hydrogen (secondary N) is 2.